The van der Waals surface area contributed by atoms with Crippen LogP contribution >= 0.6 is 0 Å². The second kappa shape index (κ2) is 6.80. The van der Waals surface area contributed by atoms with E-state index < -0.39 is 0 Å². The molecule has 3 rings (SSSR count). The normalized spacial score (nSPS) is 15.7. The van der Waals surface area contributed by atoms with Crippen molar-refractivity contribution in [1.29, 1.82) is 0 Å². The molecule has 1 aliphatic heterocycles. The molecule has 118 valence electrons. The summed E-state index contributed by atoms with van der Waals surface area (Å²) in [5.74, 6) is 0.362. The van der Waals surface area contributed by atoms with Gasteiger partial charge < -0.3 is 5.11 Å². The second-order valence-corrected chi connectivity index (χ2v) is 6.01. The van der Waals surface area contributed by atoms with Crippen LogP contribution in [0.1, 0.15) is 24.5 Å². The van der Waals surface area contributed by atoms with Gasteiger partial charge in [0.2, 0.25) is 0 Å². The van der Waals surface area contributed by atoms with Crippen molar-refractivity contribution in [3.05, 3.63) is 71.3 Å². The highest BCUT2D eigenvalue weighted by Crippen LogP contribution is 2.29. The summed E-state index contributed by atoms with van der Waals surface area (Å²) in [5.41, 5.74) is 4.14. The lowest BCUT2D eigenvalue weighted by atomic mass is 9.91. The molecule has 3 heteroatoms. The van der Waals surface area contributed by atoms with Gasteiger partial charge in [0.1, 0.15) is 5.75 Å². The summed E-state index contributed by atoms with van der Waals surface area (Å²) in [6, 6.07) is 17.5. The van der Waals surface area contributed by atoms with Gasteiger partial charge in [-0.05, 0) is 42.2 Å². The standard InChI is InChI=1S/C20H21NO2/c1-15(22)19-10-11-21(13-16-6-3-2-4-7-16)14-20(19)17-8-5-9-18(23)12-17/h2-9,12,23H,10-11,13-14H2,1H3. The van der Waals surface area contributed by atoms with Crippen molar-refractivity contribution in [2.75, 3.05) is 13.1 Å². The summed E-state index contributed by atoms with van der Waals surface area (Å²) in [7, 11) is 0. The summed E-state index contributed by atoms with van der Waals surface area (Å²) in [6.07, 6.45) is 0.757. The highest BCUT2D eigenvalue weighted by molar-refractivity contribution is 6.01. The Morgan fingerprint density at radius 2 is 1.91 bits per heavy atom. The molecular formula is C20H21NO2. The number of carbonyl (C=O) groups excluding carboxylic acids is 1. The van der Waals surface area contributed by atoms with Crippen molar-refractivity contribution in [2.24, 2.45) is 0 Å². The Kier molecular flexibility index (Phi) is 4.58. The van der Waals surface area contributed by atoms with Gasteiger partial charge in [0, 0.05) is 25.2 Å². The molecule has 1 aliphatic rings. The zero-order chi connectivity index (χ0) is 16.2. The summed E-state index contributed by atoms with van der Waals surface area (Å²) >= 11 is 0. The third-order valence-corrected chi connectivity index (χ3v) is 4.29. The predicted octanol–water partition coefficient (Wildman–Crippen LogP) is 3.64. The molecule has 23 heavy (non-hydrogen) atoms. The SMILES string of the molecule is CC(=O)C1=C(c2cccc(O)c2)CN(Cc2ccccc2)CC1. The molecule has 0 spiro atoms. The number of phenols is 1. The fraction of sp³-hybridized carbons (Fsp3) is 0.250. The van der Waals surface area contributed by atoms with E-state index >= 15 is 0 Å². The van der Waals surface area contributed by atoms with Crippen molar-refractivity contribution < 1.29 is 9.90 Å². The minimum absolute atomic E-state index is 0.128. The zero-order valence-corrected chi connectivity index (χ0v) is 13.3. The lowest BCUT2D eigenvalue weighted by Crippen LogP contribution is -2.32. The molecule has 2 aromatic rings. The first kappa shape index (κ1) is 15.5. The predicted molar refractivity (Wildman–Crippen MR) is 92.0 cm³/mol. The lowest BCUT2D eigenvalue weighted by Gasteiger charge is -2.30. The van der Waals surface area contributed by atoms with Gasteiger partial charge >= 0.3 is 0 Å². The maximum atomic E-state index is 12.0. The van der Waals surface area contributed by atoms with E-state index in [1.165, 1.54) is 5.56 Å². The number of ketones is 1. The molecule has 0 unspecified atom stereocenters. The first-order chi connectivity index (χ1) is 11.1. The lowest BCUT2D eigenvalue weighted by molar-refractivity contribution is -0.113. The van der Waals surface area contributed by atoms with Crippen LogP contribution in [-0.2, 0) is 11.3 Å². The highest BCUT2D eigenvalue weighted by atomic mass is 16.3. The number of hydrogen-bond donors (Lipinski definition) is 1. The molecule has 0 bridgehead atoms. The summed E-state index contributed by atoms with van der Waals surface area (Å²) in [6.45, 7) is 4.11. The minimum atomic E-state index is 0.128. The Balaban J connectivity index is 1.88. The van der Waals surface area contributed by atoms with Crippen LogP contribution < -0.4 is 0 Å². The molecule has 2 aromatic carbocycles. The molecule has 1 heterocycles. The highest BCUT2D eigenvalue weighted by Gasteiger charge is 2.22. The molecular weight excluding hydrogens is 286 g/mol. The molecule has 0 aromatic heterocycles. The number of nitrogens with zero attached hydrogens (tertiary/aromatic N) is 1. The Labute approximate surface area is 136 Å². The van der Waals surface area contributed by atoms with Crippen molar-refractivity contribution >= 4 is 11.4 Å². The van der Waals surface area contributed by atoms with Crippen LogP contribution in [0.4, 0.5) is 0 Å². The molecule has 0 saturated heterocycles. The molecule has 3 nitrogen and oxygen atoms in total. The van der Waals surface area contributed by atoms with Crippen molar-refractivity contribution in [3.8, 4) is 5.75 Å². The summed E-state index contributed by atoms with van der Waals surface area (Å²) in [5, 5.41) is 9.75. The molecule has 1 N–H and O–H groups in total. The van der Waals surface area contributed by atoms with E-state index in [4.69, 9.17) is 0 Å². The van der Waals surface area contributed by atoms with Gasteiger partial charge in [-0.3, -0.25) is 9.69 Å². The number of phenolic OH excluding ortho intramolecular Hbond substituents is 1. The van der Waals surface area contributed by atoms with Crippen molar-refractivity contribution in [1.82, 2.24) is 4.90 Å². The molecule has 0 atom stereocenters. The van der Waals surface area contributed by atoms with Gasteiger partial charge in [0.25, 0.3) is 0 Å². The van der Waals surface area contributed by atoms with Crippen molar-refractivity contribution in [3.63, 3.8) is 0 Å². The number of rotatable bonds is 4. The molecule has 0 fully saturated rings. The van der Waals surface area contributed by atoms with Gasteiger partial charge in [-0.1, -0.05) is 42.5 Å². The van der Waals surface area contributed by atoms with Crippen LogP contribution in [0.25, 0.3) is 5.57 Å². The number of carbonyl (C=O) groups is 1. The van der Waals surface area contributed by atoms with Gasteiger partial charge in [0.05, 0.1) is 0 Å². The second-order valence-electron chi connectivity index (χ2n) is 6.01. The minimum Gasteiger partial charge on any atom is -0.508 e. The van der Waals surface area contributed by atoms with Gasteiger partial charge in [-0.2, -0.15) is 0 Å². The Morgan fingerprint density at radius 3 is 2.61 bits per heavy atom. The Morgan fingerprint density at radius 1 is 1.13 bits per heavy atom. The van der Waals surface area contributed by atoms with Crippen LogP contribution in [0.2, 0.25) is 0 Å². The maximum Gasteiger partial charge on any atom is 0.156 e. The number of Topliss-reactive ketones (excluding diaryl/α,β-unsaturated/α-hetero) is 1. The van der Waals surface area contributed by atoms with E-state index in [0.29, 0.717) is 0 Å². The monoisotopic (exact) mass is 307 g/mol. The smallest absolute Gasteiger partial charge is 0.156 e. The molecule has 0 aliphatic carbocycles. The fourth-order valence-corrected chi connectivity index (χ4v) is 3.14. The summed E-state index contributed by atoms with van der Waals surface area (Å²) < 4.78 is 0. The van der Waals surface area contributed by atoms with Crippen LogP contribution in [-0.4, -0.2) is 28.9 Å². The Bertz CT molecular complexity index is 734. The largest absolute Gasteiger partial charge is 0.508 e. The summed E-state index contributed by atoms with van der Waals surface area (Å²) in [4.78, 5) is 14.3. The van der Waals surface area contributed by atoms with E-state index in [-0.39, 0.29) is 11.5 Å². The van der Waals surface area contributed by atoms with E-state index in [1.54, 1.807) is 19.1 Å². The van der Waals surface area contributed by atoms with E-state index in [2.05, 4.69) is 17.0 Å². The van der Waals surface area contributed by atoms with Crippen molar-refractivity contribution in [2.45, 2.75) is 19.9 Å². The Hall–Kier alpha value is -2.39. The average Bonchev–Trinajstić information content (AvgIpc) is 2.55. The van der Waals surface area contributed by atoms with Crippen LogP contribution in [0, 0.1) is 0 Å². The van der Waals surface area contributed by atoms with Gasteiger partial charge in [-0.25, -0.2) is 0 Å². The average molecular weight is 307 g/mol. The van der Waals surface area contributed by atoms with Crippen LogP contribution in [0.5, 0.6) is 5.75 Å². The van der Waals surface area contributed by atoms with Crippen LogP contribution in [0.15, 0.2) is 60.2 Å². The fourth-order valence-electron chi connectivity index (χ4n) is 3.14. The van der Waals surface area contributed by atoms with E-state index in [9.17, 15) is 9.90 Å². The van der Waals surface area contributed by atoms with Crippen LogP contribution in [0.3, 0.4) is 0 Å². The molecule has 0 saturated carbocycles. The molecule has 0 amide bonds. The van der Waals surface area contributed by atoms with Gasteiger partial charge in [0.15, 0.2) is 5.78 Å². The maximum absolute atomic E-state index is 12.0. The number of hydrogen-bond acceptors (Lipinski definition) is 3. The first-order valence-corrected chi connectivity index (χ1v) is 7.92. The quantitative estimate of drug-likeness (QED) is 0.937. The third-order valence-electron chi connectivity index (χ3n) is 4.29. The number of benzene rings is 2. The molecule has 0 radical (unpaired) electrons. The van der Waals surface area contributed by atoms with E-state index in [0.717, 1.165) is 42.8 Å². The first-order valence-electron chi connectivity index (χ1n) is 7.92. The topological polar surface area (TPSA) is 40.5 Å². The zero-order valence-electron chi connectivity index (χ0n) is 13.3. The van der Waals surface area contributed by atoms with E-state index in [1.807, 2.05) is 30.3 Å². The third kappa shape index (κ3) is 3.69. The van der Waals surface area contributed by atoms with Gasteiger partial charge in [-0.15, -0.1) is 0 Å². The number of aromatic hydroxyl groups is 1.